The molecule has 2 aromatic rings. The number of fused-ring (bicyclic) bond motifs is 2. The van der Waals surface area contributed by atoms with Crippen molar-refractivity contribution in [1.82, 2.24) is 9.80 Å². The molecule has 2 aromatic carbocycles. The van der Waals surface area contributed by atoms with Crippen molar-refractivity contribution >= 4 is 5.69 Å². The molecule has 2 aliphatic rings. The summed E-state index contributed by atoms with van der Waals surface area (Å²) in [5, 5.41) is 12.4. The summed E-state index contributed by atoms with van der Waals surface area (Å²) in [7, 11) is 5.70. The zero-order valence-electron chi connectivity index (χ0n) is 20.8. The monoisotopic (exact) mass is 462 g/mol. The summed E-state index contributed by atoms with van der Waals surface area (Å²) in [6.45, 7) is 5.60. The SMILES string of the molecule is COc1ccc(CCN2CC3CCC(C2)C3N(C)CCCNc2ccc(C#N)cc2)cc1OC. The first-order valence-electron chi connectivity index (χ1n) is 12.5. The van der Waals surface area contributed by atoms with Crippen molar-refractivity contribution in [3.63, 3.8) is 0 Å². The summed E-state index contributed by atoms with van der Waals surface area (Å²) in [5.74, 6) is 3.16. The molecule has 34 heavy (non-hydrogen) atoms. The van der Waals surface area contributed by atoms with Crippen LogP contribution in [-0.4, -0.2) is 69.8 Å². The van der Waals surface area contributed by atoms with E-state index in [2.05, 4.69) is 40.4 Å². The minimum absolute atomic E-state index is 0.704. The van der Waals surface area contributed by atoms with Crippen molar-refractivity contribution in [2.75, 3.05) is 59.3 Å². The van der Waals surface area contributed by atoms with Crippen LogP contribution in [0.2, 0.25) is 0 Å². The van der Waals surface area contributed by atoms with Crippen LogP contribution in [0, 0.1) is 23.2 Å². The molecule has 2 fully saturated rings. The topological polar surface area (TPSA) is 60.8 Å². The van der Waals surface area contributed by atoms with Crippen LogP contribution < -0.4 is 14.8 Å². The maximum absolute atomic E-state index is 8.92. The van der Waals surface area contributed by atoms with E-state index >= 15 is 0 Å². The van der Waals surface area contributed by atoms with Crippen LogP contribution in [0.3, 0.4) is 0 Å². The minimum atomic E-state index is 0.704. The van der Waals surface area contributed by atoms with Gasteiger partial charge in [0.25, 0.3) is 0 Å². The first kappa shape index (κ1) is 24.4. The first-order valence-corrected chi connectivity index (χ1v) is 12.5. The number of ether oxygens (including phenoxy) is 2. The van der Waals surface area contributed by atoms with Gasteiger partial charge >= 0.3 is 0 Å². The van der Waals surface area contributed by atoms with E-state index in [-0.39, 0.29) is 0 Å². The highest BCUT2D eigenvalue weighted by atomic mass is 16.5. The van der Waals surface area contributed by atoms with Gasteiger partial charge in [-0.3, -0.25) is 0 Å². The maximum atomic E-state index is 8.92. The smallest absolute Gasteiger partial charge is 0.160 e. The van der Waals surface area contributed by atoms with Gasteiger partial charge in [0.05, 0.1) is 25.9 Å². The number of nitrogens with one attached hydrogen (secondary N) is 1. The third-order valence-corrected chi connectivity index (χ3v) is 7.56. The van der Waals surface area contributed by atoms with Crippen molar-refractivity contribution < 1.29 is 9.47 Å². The summed E-state index contributed by atoms with van der Waals surface area (Å²) in [6.07, 6.45) is 4.88. The van der Waals surface area contributed by atoms with Gasteiger partial charge in [-0.25, -0.2) is 0 Å². The standard InChI is InChI=1S/C28H38N4O2/c1-31(15-4-14-30-25-10-5-22(18-29)6-11-25)28-23-8-9-24(28)20-32(19-23)16-13-21-7-12-26(33-2)27(17-21)34-3/h5-7,10-12,17,23-24,28,30H,4,8-9,13-16,19-20H2,1-3H3. The molecule has 0 radical (unpaired) electrons. The highest BCUT2D eigenvalue weighted by Gasteiger charge is 2.43. The number of piperidine rings is 1. The third kappa shape index (κ3) is 5.84. The molecule has 1 aliphatic carbocycles. The summed E-state index contributed by atoms with van der Waals surface area (Å²) in [4.78, 5) is 5.30. The van der Waals surface area contributed by atoms with E-state index in [0.29, 0.717) is 11.6 Å². The average Bonchev–Trinajstić information content (AvgIpc) is 3.15. The number of benzene rings is 2. The van der Waals surface area contributed by atoms with Gasteiger partial charge < -0.3 is 24.6 Å². The zero-order chi connectivity index (χ0) is 23.9. The second-order valence-electron chi connectivity index (χ2n) is 9.74. The number of methoxy groups -OCH3 is 2. The first-order chi connectivity index (χ1) is 16.6. The molecule has 4 rings (SSSR count). The Morgan fingerprint density at radius 3 is 2.38 bits per heavy atom. The van der Waals surface area contributed by atoms with E-state index < -0.39 is 0 Å². The van der Waals surface area contributed by atoms with E-state index in [0.717, 1.165) is 61.5 Å². The summed E-state index contributed by atoms with van der Waals surface area (Å²) < 4.78 is 10.8. The fraction of sp³-hybridized carbons (Fsp3) is 0.536. The number of anilines is 1. The van der Waals surface area contributed by atoms with Crippen LogP contribution in [-0.2, 0) is 6.42 Å². The molecule has 2 atom stereocenters. The Bertz CT molecular complexity index is 957. The van der Waals surface area contributed by atoms with Gasteiger partial charge in [-0.05, 0) is 93.1 Å². The van der Waals surface area contributed by atoms with Gasteiger partial charge in [0.15, 0.2) is 11.5 Å². The molecule has 6 heteroatoms. The van der Waals surface area contributed by atoms with Crippen molar-refractivity contribution in [2.24, 2.45) is 11.8 Å². The largest absolute Gasteiger partial charge is 0.493 e. The van der Waals surface area contributed by atoms with E-state index in [9.17, 15) is 0 Å². The number of nitriles is 1. The quantitative estimate of drug-likeness (QED) is 0.504. The molecule has 6 nitrogen and oxygen atoms in total. The van der Waals surface area contributed by atoms with Crippen molar-refractivity contribution in [3.05, 3.63) is 53.6 Å². The van der Waals surface area contributed by atoms with Crippen molar-refractivity contribution in [3.8, 4) is 17.6 Å². The Morgan fingerprint density at radius 2 is 1.74 bits per heavy atom. The van der Waals surface area contributed by atoms with Gasteiger partial charge in [-0.1, -0.05) is 6.07 Å². The Kier molecular flexibility index (Phi) is 8.31. The van der Waals surface area contributed by atoms with Crippen LogP contribution in [0.25, 0.3) is 0 Å². The predicted octanol–water partition coefficient (Wildman–Crippen LogP) is 4.26. The molecule has 1 saturated heterocycles. The number of rotatable bonds is 11. The maximum Gasteiger partial charge on any atom is 0.160 e. The molecule has 1 aliphatic heterocycles. The van der Waals surface area contributed by atoms with E-state index in [4.69, 9.17) is 14.7 Å². The second-order valence-corrected chi connectivity index (χ2v) is 9.74. The summed E-state index contributed by atoms with van der Waals surface area (Å²) in [5.41, 5.74) is 3.10. The molecule has 182 valence electrons. The summed E-state index contributed by atoms with van der Waals surface area (Å²) >= 11 is 0. The molecule has 2 bridgehead atoms. The Balaban J connectivity index is 1.21. The summed E-state index contributed by atoms with van der Waals surface area (Å²) in [6, 6.07) is 16.9. The van der Waals surface area contributed by atoms with Crippen LogP contribution in [0.4, 0.5) is 5.69 Å². The fourth-order valence-corrected chi connectivity index (χ4v) is 5.89. The van der Waals surface area contributed by atoms with Crippen molar-refractivity contribution in [2.45, 2.75) is 31.7 Å². The van der Waals surface area contributed by atoms with E-state index in [1.165, 1.54) is 31.5 Å². The normalized spacial score (nSPS) is 21.9. The number of nitrogens with zero attached hydrogens (tertiary/aromatic N) is 3. The number of hydrogen-bond acceptors (Lipinski definition) is 6. The molecule has 0 aromatic heterocycles. The van der Waals surface area contributed by atoms with Gasteiger partial charge in [-0.15, -0.1) is 0 Å². The average molecular weight is 463 g/mol. The van der Waals surface area contributed by atoms with Crippen LogP contribution in [0.15, 0.2) is 42.5 Å². The highest BCUT2D eigenvalue weighted by Crippen LogP contribution is 2.39. The van der Waals surface area contributed by atoms with Gasteiger partial charge in [-0.2, -0.15) is 5.26 Å². The molecule has 2 unspecified atom stereocenters. The van der Waals surface area contributed by atoms with Gasteiger partial charge in [0, 0.05) is 37.9 Å². The van der Waals surface area contributed by atoms with Gasteiger partial charge in [0.2, 0.25) is 0 Å². The molecule has 1 saturated carbocycles. The lowest BCUT2D eigenvalue weighted by Crippen LogP contribution is -2.52. The number of likely N-dealkylation sites (tertiary alicyclic amines) is 1. The lowest BCUT2D eigenvalue weighted by Gasteiger charge is -2.42. The van der Waals surface area contributed by atoms with E-state index in [1.54, 1.807) is 14.2 Å². The molecule has 1 N–H and O–H groups in total. The Hall–Kier alpha value is -2.75. The predicted molar refractivity (Wildman–Crippen MR) is 137 cm³/mol. The molecular weight excluding hydrogens is 424 g/mol. The fourth-order valence-electron chi connectivity index (χ4n) is 5.89. The van der Waals surface area contributed by atoms with Crippen molar-refractivity contribution in [1.29, 1.82) is 5.26 Å². The number of hydrogen-bond donors (Lipinski definition) is 1. The molecule has 0 spiro atoms. The minimum Gasteiger partial charge on any atom is -0.493 e. The van der Waals surface area contributed by atoms with Crippen LogP contribution in [0.5, 0.6) is 11.5 Å². The lowest BCUT2D eigenvalue weighted by molar-refractivity contribution is 0.0625. The molecule has 1 heterocycles. The van der Waals surface area contributed by atoms with Gasteiger partial charge in [0.1, 0.15) is 0 Å². The highest BCUT2D eigenvalue weighted by molar-refractivity contribution is 5.47. The van der Waals surface area contributed by atoms with E-state index in [1.807, 2.05) is 30.3 Å². The molecular formula is C28H38N4O2. The van der Waals surface area contributed by atoms with Crippen LogP contribution in [0.1, 0.15) is 30.4 Å². The lowest BCUT2D eigenvalue weighted by atomic mass is 9.90. The third-order valence-electron chi connectivity index (χ3n) is 7.56. The zero-order valence-corrected chi connectivity index (χ0v) is 20.8. The van der Waals surface area contributed by atoms with Crippen LogP contribution >= 0.6 is 0 Å². The second kappa shape index (κ2) is 11.6. The Labute approximate surface area is 204 Å². The molecule has 0 amide bonds. The Morgan fingerprint density at radius 1 is 1.03 bits per heavy atom.